The van der Waals surface area contributed by atoms with Crippen LogP contribution in [0.4, 0.5) is 5.69 Å². The van der Waals surface area contributed by atoms with Crippen LogP contribution in [-0.2, 0) is 4.79 Å². The molecule has 1 fully saturated rings. The van der Waals surface area contributed by atoms with Crippen LogP contribution >= 0.6 is 23.4 Å². The summed E-state index contributed by atoms with van der Waals surface area (Å²) in [4.78, 5) is 28.7. The van der Waals surface area contributed by atoms with Crippen LogP contribution in [0.25, 0.3) is 28.2 Å². The Morgan fingerprint density at radius 3 is 2.70 bits per heavy atom. The third kappa shape index (κ3) is 4.28. The minimum Gasteiger partial charge on any atom is -0.478 e. The third-order valence-corrected chi connectivity index (χ3v) is 6.25. The number of fused-ring (bicyclic) bond motifs is 1. The van der Waals surface area contributed by atoms with Crippen LogP contribution < -0.4 is 5.32 Å². The number of carbonyl (C=O) groups excluding carboxylic acids is 1. The smallest absolute Gasteiger partial charge is 0.337 e. The van der Waals surface area contributed by atoms with Crippen molar-refractivity contribution in [2.24, 2.45) is 4.99 Å². The first-order valence-electron chi connectivity index (χ1n) is 9.88. The lowest BCUT2D eigenvalue weighted by atomic mass is 10.1. The Balaban J connectivity index is 1.39. The van der Waals surface area contributed by atoms with Gasteiger partial charge in [0.25, 0.3) is 5.91 Å². The van der Waals surface area contributed by atoms with Gasteiger partial charge in [-0.25, -0.2) is 9.79 Å². The average Bonchev–Trinajstić information content (AvgIpc) is 3.40. The molecule has 0 aliphatic carbocycles. The summed E-state index contributed by atoms with van der Waals surface area (Å²) in [5, 5.41) is 14.6. The number of hydrogen-bond donors (Lipinski definition) is 2. The maximum absolute atomic E-state index is 12.5. The van der Waals surface area contributed by atoms with Gasteiger partial charge in [0.2, 0.25) is 0 Å². The normalized spacial score (nSPS) is 16.0. The zero-order valence-corrected chi connectivity index (χ0v) is 18.5. The maximum Gasteiger partial charge on any atom is 0.337 e. The van der Waals surface area contributed by atoms with Crippen LogP contribution in [-0.4, -0.2) is 22.2 Å². The van der Waals surface area contributed by atoms with Gasteiger partial charge in [-0.3, -0.25) is 4.79 Å². The molecule has 1 aliphatic rings. The van der Waals surface area contributed by atoms with Crippen molar-refractivity contribution in [2.75, 3.05) is 0 Å². The number of carboxylic acids is 1. The molecule has 33 heavy (non-hydrogen) atoms. The van der Waals surface area contributed by atoms with Crippen molar-refractivity contribution in [1.82, 2.24) is 5.32 Å². The Morgan fingerprint density at radius 2 is 1.88 bits per heavy atom. The average molecular weight is 475 g/mol. The van der Waals surface area contributed by atoms with Crippen LogP contribution in [0.2, 0.25) is 5.02 Å². The van der Waals surface area contributed by atoms with Crippen molar-refractivity contribution in [2.45, 2.75) is 0 Å². The topological polar surface area (TPSA) is 91.9 Å². The lowest BCUT2D eigenvalue weighted by molar-refractivity contribution is -0.115. The number of carbonyl (C=O) groups is 2. The van der Waals surface area contributed by atoms with Crippen molar-refractivity contribution in [3.8, 4) is 11.3 Å². The van der Waals surface area contributed by atoms with Crippen molar-refractivity contribution in [3.63, 3.8) is 0 Å². The molecular weight excluding hydrogens is 460 g/mol. The second kappa shape index (κ2) is 8.61. The number of carboxylic acid groups (broad SMARTS) is 1. The van der Waals surface area contributed by atoms with E-state index in [1.54, 1.807) is 24.3 Å². The van der Waals surface area contributed by atoms with E-state index in [9.17, 15) is 9.59 Å². The number of hydrogen-bond acceptors (Lipinski definition) is 5. The molecule has 5 rings (SSSR count). The molecule has 1 aromatic heterocycles. The number of rotatable bonds is 4. The zero-order chi connectivity index (χ0) is 22.9. The molecule has 4 aromatic rings. The molecule has 0 radical (unpaired) electrons. The van der Waals surface area contributed by atoms with Gasteiger partial charge < -0.3 is 14.8 Å². The minimum atomic E-state index is -1.10. The number of aliphatic imine (C=N–C) groups is 1. The molecule has 162 valence electrons. The first kappa shape index (κ1) is 21.1. The molecular formula is C25H15ClN2O4S. The Labute approximate surface area is 197 Å². The summed E-state index contributed by atoms with van der Waals surface area (Å²) >= 11 is 7.29. The van der Waals surface area contributed by atoms with Crippen LogP contribution in [0.3, 0.4) is 0 Å². The van der Waals surface area contributed by atoms with Gasteiger partial charge in [-0.1, -0.05) is 54.1 Å². The van der Waals surface area contributed by atoms with E-state index < -0.39 is 5.97 Å². The number of nitrogens with zero attached hydrogens (tertiary/aromatic N) is 1. The predicted molar refractivity (Wildman–Crippen MR) is 131 cm³/mol. The fourth-order valence-electron chi connectivity index (χ4n) is 3.45. The summed E-state index contributed by atoms with van der Waals surface area (Å²) in [6.07, 6.45) is 1.64. The lowest BCUT2D eigenvalue weighted by Crippen LogP contribution is -2.19. The first-order chi connectivity index (χ1) is 16.0. The van der Waals surface area contributed by atoms with Crippen molar-refractivity contribution in [3.05, 3.63) is 94.0 Å². The Morgan fingerprint density at radius 1 is 1.06 bits per heavy atom. The van der Waals surface area contributed by atoms with E-state index in [1.807, 2.05) is 42.5 Å². The number of aromatic carboxylic acids is 1. The van der Waals surface area contributed by atoms with Crippen molar-refractivity contribution >= 4 is 62.9 Å². The fraction of sp³-hybridized carbons (Fsp3) is 0. The Hall–Kier alpha value is -3.81. The van der Waals surface area contributed by atoms with E-state index in [4.69, 9.17) is 21.1 Å². The number of thioether (sulfide) groups is 1. The molecule has 0 spiro atoms. The molecule has 2 N–H and O–H groups in total. The SMILES string of the molecule is O=C1NC(=Nc2cccc3ccccc23)S/C1=C\c1ccc(-c2ccc(C(=O)O)c(Cl)c2)o1. The van der Waals surface area contributed by atoms with Crippen molar-refractivity contribution in [1.29, 1.82) is 0 Å². The van der Waals surface area contributed by atoms with Gasteiger partial charge in [-0.15, -0.1) is 0 Å². The molecule has 0 saturated carbocycles. The molecule has 1 aliphatic heterocycles. The van der Waals surface area contributed by atoms with Gasteiger partial charge in [0.1, 0.15) is 11.5 Å². The molecule has 0 atom stereocenters. The summed E-state index contributed by atoms with van der Waals surface area (Å²) < 4.78 is 5.83. The maximum atomic E-state index is 12.5. The number of nitrogens with one attached hydrogen (secondary N) is 1. The van der Waals surface area contributed by atoms with Gasteiger partial charge in [0.05, 0.1) is 21.2 Å². The molecule has 8 heteroatoms. The molecule has 1 saturated heterocycles. The molecule has 0 bridgehead atoms. The molecule has 6 nitrogen and oxygen atoms in total. The zero-order valence-electron chi connectivity index (χ0n) is 16.9. The summed E-state index contributed by atoms with van der Waals surface area (Å²) in [6.45, 7) is 0. The number of benzene rings is 3. The summed E-state index contributed by atoms with van der Waals surface area (Å²) in [6, 6.07) is 21.8. The second-order valence-corrected chi connectivity index (χ2v) is 8.62. The van der Waals surface area contributed by atoms with Crippen LogP contribution in [0, 0.1) is 0 Å². The summed E-state index contributed by atoms with van der Waals surface area (Å²) in [5.41, 5.74) is 1.43. The predicted octanol–water partition coefficient (Wildman–Crippen LogP) is 6.34. The third-order valence-electron chi connectivity index (χ3n) is 5.02. The van der Waals surface area contributed by atoms with E-state index in [0.717, 1.165) is 16.5 Å². The molecule has 0 unspecified atom stereocenters. The van der Waals surface area contributed by atoms with Gasteiger partial charge >= 0.3 is 5.97 Å². The molecule has 1 amide bonds. The lowest BCUT2D eigenvalue weighted by Gasteiger charge is -2.02. The van der Waals surface area contributed by atoms with E-state index in [0.29, 0.717) is 27.2 Å². The highest BCUT2D eigenvalue weighted by Gasteiger charge is 2.24. The van der Waals surface area contributed by atoms with Gasteiger partial charge in [0, 0.05) is 17.0 Å². The van der Waals surface area contributed by atoms with E-state index >= 15 is 0 Å². The van der Waals surface area contributed by atoms with Crippen LogP contribution in [0.5, 0.6) is 0 Å². The largest absolute Gasteiger partial charge is 0.478 e. The van der Waals surface area contributed by atoms with E-state index in [-0.39, 0.29) is 16.5 Å². The Kier molecular flexibility index (Phi) is 5.50. The number of halogens is 1. The number of amidine groups is 1. The first-order valence-corrected chi connectivity index (χ1v) is 11.1. The quantitative estimate of drug-likeness (QED) is 0.336. The summed E-state index contributed by atoms with van der Waals surface area (Å²) in [7, 11) is 0. The number of furan rings is 1. The van der Waals surface area contributed by atoms with Gasteiger partial charge in [-0.2, -0.15) is 0 Å². The molecule has 2 heterocycles. The number of amides is 1. The van der Waals surface area contributed by atoms with E-state index in [2.05, 4.69) is 10.3 Å². The van der Waals surface area contributed by atoms with Crippen LogP contribution in [0.1, 0.15) is 16.1 Å². The second-order valence-electron chi connectivity index (χ2n) is 7.18. The van der Waals surface area contributed by atoms with Crippen molar-refractivity contribution < 1.29 is 19.1 Å². The Bertz CT molecular complexity index is 1480. The minimum absolute atomic E-state index is 0.0198. The highest BCUT2D eigenvalue weighted by atomic mass is 35.5. The van der Waals surface area contributed by atoms with Crippen LogP contribution in [0.15, 0.2) is 87.1 Å². The summed E-state index contributed by atoms with van der Waals surface area (Å²) in [5.74, 6) is -0.367. The fourth-order valence-corrected chi connectivity index (χ4v) is 4.53. The standard InChI is InChI=1S/C25H15ClN2O4S/c26-19-12-15(8-10-18(19)24(30)31)21-11-9-16(32-21)13-22-23(29)28-25(33-22)27-20-7-3-5-14-4-1-2-6-17(14)20/h1-13H,(H,30,31)(H,27,28,29)/b22-13-. The van der Waals surface area contributed by atoms with E-state index in [1.165, 1.54) is 23.9 Å². The highest BCUT2D eigenvalue weighted by Crippen LogP contribution is 2.33. The monoisotopic (exact) mass is 474 g/mol. The van der Waals surface area contributed by atoms with Gasteiger partial charge in [0.15, 0.2) is 5.17 Å². The highest BCUT2D eigenvalue weighted by molar-refractivity contribution is 8.18. The van der Waals surface area contributed by atoms with Gasteiger partial charge in [-0.05, 0) is 47.5 Å². The molecule has 3 aromatic carbocycles.